The number of hydrogen-bond donors (Lipinski definition) is 1. The van der Waals surface area contributed by atoms with Gasteiger partial charge in [-0.1, -0.05) is 53.7 Å². The van der Waals surface area contributed by atoms with E-state index in [4.69, 9.17) is 9.26 Å². The van der Waals surface area contributed by atoms with Crippen molar-refractivity contribution in [3.8, 4) is 5.75 Å². The fourth-order valence-electron chi connectivity index (χ4n) is 2.12. The van der Waals surface area contributed by atoms with Gasteiger partial charge in [0.25, 0.3) is 0 Å². The summed E-state index contributed by atoms with van der Waals surface area (Å²) in [5.41, 5.74) is 1.98. The lowest BCUT2D eigenvalue weighted by atomic mass is 10.1. The molecule has 0 fully saturated rings. The van der Waals surface area contributed by atoms with Crippen molar-refractivity contribution in [2.75, 3.05) is 0 Å². The van der Waals surface area contributed by atoms with Gasteiger partial charge in [-0.2, -0.15) is 0 Å². The van der Waals surface area contributed by atoms with Crippen molar-refractivity contribution in [2.45, 2.75) is 13.0 Å². The summed E-state index contributed by atoms with van der Waals surface area (Å²) in [5.74, 6) is 1.08. The van der Waals surface area contributed by atoms with Crippen molar-refractivity contribution in [1.82, 2.24) is 10.5 Å². The molecule has 1 amide bonds. The minimum absolute atomic E-state index is 0.230. The highest BCUT2D eigenvalue weighted by atomic mass is 16.6. The third kappa shape index (κ3) is 4.44. The average Bonchev–Trinajstić information content (AvgIpc) is 3.02. The lowest BCUT2D eigenvalue weighted by Gasteiger charge is -2.04. The molecule has 0 aliphatic carbocycles. The molecule has 0 radical (unpaired) electrons. The van der Waals surface area contributed by atoms with Gasteiger partial charge >= 0.3 is 6.09 Å². The number of aromatic nitrogens is 1. The predicted octanol–water partition coefficient (Wildman–Crippen LogP) is 3.55. The zero-order valence-electron chi connectivity index (χ0n) is 12.4. The molecule has 5 heteroatoms. The van der Waals surface area contributed by atoms with E-state index in [-0.39, 0.29) is 6.54 Å². The van der Waals surface area contributed by atoms with E-state index in [0.29, 0.717) is 17.9 Å². The number of carbonyl (C=O) groups excluding carboxylic acids is 1. The molecule has 0 atom stereocenters. The Balaban J connectivity index is 1.50. The first-order valence-electron chi connectivity index (χ1n) is 7.29. The van der Waals surface area contributed by atoms with Gasteiger partial charge in [-0.3, -0.25) is 0 Å². The van der Waals surface area contributed by atoms with Crippen LogP contribution in [0.1, 0.15) is 17.0 Å². The van der Waals surface area contributed by atoms with Gasteiger partial charge < -0.3 is 14.6 Å². The van der Waals surface area contributed by atoms with Crippen LogP contribution >= 0.6 is 0 Å². The smallest absolute Gasteiger partial charge is 0.410 e. The van der Waals surface area contributed by atoms with E-state index in [1.807, 2.05) is 42.5 Å². The highest BCUT2D eigenvalue weighted by Gasteiger charge is 2.08. The highest BCUT2D eigenvalue weighted by molar-refractivity contribution is 5.70. The number of benzene rings is 2. The van der Waals surface area contributed by atoms with Gasteiger partial charge in [-0.05, 0) is 17.7 Å². The third-order valence-electron chi connectivity index (χ3n) is 3.20. The van der Waals surface area contributed by atoms with Gasteiger partial charge in [-0.25, -0.2) is 4.79 Å². The molecule has 0 spiro atoms. The van der Waals surface area contributed by atoms with Gasteiger partial charge in [0.15, 0.2) is 5.76 Å². The molecule has 116 valence electrons. The SMILES string of the molecule is O=C(NCc1cc(Cc2ccccc2)no1)Oc1ccccc1. The van der Waals surface area contributed by atoms with Gasteiger partial charge in [0.2, 0.25) is 0 Å². The Morgan fingerprint density at radius 2 is 1.74 bits per heavy atom. The van der Waals surface area contributed by atoms with E-state index < -0.39 is 6.09 Å². The molecule has 0 unspecified atom stereocenters. The first-order chi connectivity index (χ1) is 11.3. The lowest BCUT2D eigenvalue weighted by molar-refractivity contribution is 0.198. The Hall–Kier alpha value is -3.08. The lowest BCUT2D eigenvalue weighted by Crippen LogP contribution is -2.26. The summed E-state index contributed by atoms with van der Waals surface area (Å²) in [5, 5.41) is 6.64. The predicted molar refractivity (Wildman–Crippen MR) is 85.1 cm³/mol. The van der Waals surface area contributed by atoms with Gasteiger partial charge in [0, 0.05) is 12.5 Å². The molecule has 0 saturated heterocycles. The van der Waals surface area contributed by atoms with Crippen LogP contribution in [0.3, 0.4) is 0 Å². The molecule has 3 aromatic rings. The molecule has 5 nitrogen and oxygen atoms in total. The normalized spacial score (nSPS) is 10.3. The number of nitrogens with one attached hydrogen (secondary N) is 1. The van der Waals surface area contributed by atoms with Crippen molar-refractivity contribution >= 4 is 6.09 Å². The molecule has 3 rings (SSSR count). The van der Waals surface area contributed by atoms with E-state index in [1.54, 1.807) is 24.3 Å². The largest absolute Gasteiger partial charge is 0.412 e. The van der Waals surface area contributed by atoms with Crippen LogP contribution < -0.4 is 10.1 Å². The topological polar surface area (TPSA) is 64.4 Å². The molecule has 1 aromatic heterocycles. The maximum atomic E-state index is 11.7. The first-order valence-corrected chi connectivity index (χ1v) is 7.29. The Labute approximate surface area is 133 Å². The fraction of sp³-hybridized carbons (Fsp3) is 0.111. The maximum Gasteiger partial charge on any atom is 0.412 e. The number of para-hydroxylation sites is 1. The van der Waals surface area contributed by atoms with Crippen LogP contribution in [-0.4, -0.2) is 11.2 Å². The summed E-state index contributed by atoms with van der Waals surface area (Å²) in [6.45, 7) is 0.230. The molecular weight excluding hydrogens is 292 g/mol. The minimum Gasteiger partial charge on any atom is -0.410 e. The molecular formula is C18H16N2O3. The third-order valence-corrected chi connectivity index (χ3v) is 3.20. The summed E-state index contributed by atoms with van der Waals surface area (Å²) < 4.78 is 10.3. The quantitative estimate of drug-likeness (QED) is 0.783. The van der Waals surface area contributed by atoms with Crippen LogP contribution in [-0.2, 0) is 13.0 Å². The fourth-order valence-corrected chi connectivity index (χ4v) is 2.12. The van der Waals surface area contributed by atoms with Crippen molar-refractivity contribution in [3.05, 3.63) is 83.7 Å². The molecule has 1 N–H and O–H groups in total. The summed E-state index contributed by atoms with van der Waals surface area (Å²) in [6.07, 6.45) is 0.163. The molecule has 0 saturated carbocycles. The Kier molecular flexibility index (Phi) is 4.69. The zero-order valence-corrected chi connectivity index (χ0v) is 12.4. The molecule has 23 heavy (non-hydrogen) atoms. The van der Waals surface area contributed by atoms with Gasteiger partial charge in [0.1, 0.15) is 5.75 Å². The summed E-state index contributed by atoms with van der Waals surface area (Å²) in [6, 6.07) is 20.7. The van der Waals surface area contributed by atoms with Crippen molar-refractivity contribution in [2.24, 2.45) is 0 Å². The summed E-state index contributed by atoms with van der Waals surface area (Å²) >= 11 is 0. The molecule has 2 aromatic carbocycles. The van der Waals surface area contributed by atoms with Crippen LogP contribution in [0.5, 0.6) is 5.75 Å². The first kappa shape index (κ1) is 14.8. The highest BCUT2D eigenvalue weighted by Crippen LogP contribution is 2.11. The second-order valence-corrected chi connectivity index (χ2v) is 5.00. The van der Waals surface area contributed by atoms with Gasteiger partial charge in [0.05, 0.1) is 12.2 Å². The zero-order chi connectivity index (χ0) is 15.9. The molecule has 1 heterocycles. The van der Waals surface area contributed by atoms with E-state index in [2.05, 4.69) is 10.5 Å². The van der Waals surface area contributed by atoms with Crippen LogP contribution in [0.25, 0.3) is 0 Å². The monoisotopic (exact) mass is 308 g/mol. The van der Waals surface area contributed by atoms with Crippen LogP contribution in [0.2, 0.25) is 0 Å². The average molecular weight is 308 g/mol. The van der Waals surface area contributed by atoms with Crippen molar-refractivity contribution < 1.29 is 14.1 Å². The number of amides is 1. The molecule has 0 aliphatic rings. The number of hydrogen-bond acceptors (Lipinski definition) is 4. The Morgan fingerprint density at radius 1 is 1.04 bits per heavy atom. The van der Waals surface area contributed by atoms with Crippen LogP contribution in [0.4, 0.5) is 4.79 Å². The van der Waals surface area contributed by atoms with E-state index in [1.165, 1.54) is 0 Å². The number of rotatable bonds is 5. The Morgan fingerprint density at radius 3 is 2.48 bits per heavy atom. The van der Waals surface area contributed by atoms with Crippen molar-refractivity contribution in [3.63, 3.8) is 0 Å². The van der Waals surface area contributed by atoms with Crippen molar-refractivity contribution in [1.29, 1.82) is 0 Å². The van der Waals surface area contributed by atoms with Gasteiger partial charge in [-0.15, -0.1) is 0 Å². The number of nitrogens with zero attached hydrogens (tertiary/aromatic N) is 1. The standard InChI is InChI=1S/C18H16N2O3/c21-18(22-16-9-5-2-6-10-16)19-13-17-12-15(20-23-17)11-14-7-3-1-4-8-14/h1-10,12H,11,13H2,(H,19,21). The second kappa shape index (κ2) is 7.26. The summed E-state index contributed by atoms with van der Waals surface area (Å²) in [4.78, 5) is 11.7. The van der Waals surface area contributed by atoms with Crippen LogP contribution in [0.15, 0.2) is 71.3 Å². The molecule has 0 bridgehead atoms. The number of ether oxygens (including phenoxy) is 1. The van der Waals surface area contributed by atoms with E-state index in [9.17, 15) is 4.79 Å². The molecule has 0 aliphatic heterocycles. The Bertz CT molecular complexity index is 754. The van der Waals surface area contributed by atoms with Crippen LogP contribution in [0, 0.1) is 0 Å². The maximum absolute atomic E-state index is 11.7. The number of carbonyl (C=O) groups is 1. The minimum atomic E-state index is -0.530. The second-order valence-electron chi connectivity index (χ2n) is 5.00. The van der Waals surface area contributed by atoms with E-state index >= 15 is 0 Å². The van der Waals surface area contributed by atoms with E-state index in [0.717, 1.165) is 11.3 Å². The summed E-state index contributed by atoms with van der Waals surface area (Å²) in [7, 11) is 0.